The van der Waals surface area contributed by atoms with Crippen molar-refractivity contribution in [1.82, 2.24) is 0 Å². The lowest BCUT2D eigenvalue weighted by Crippen LogP contribution is -2.21. The van der Waals surface area contributed by atoms with Crippen molar-refractivity contribution in [3.05, 3.63) is 69.8 Å². The van der Waals surface area contributed by atoms with Crippen LogP contribution < -0.4 is 5.32 Å². The highest BCUT2D eigenvalue weighted by atomic mass is 16.6. The van der Waals surface area contributed by atoms with Gasteiger partial charge >= 0.3 is 0 Å². The summed E-state index contributed by atoms with van der Waals surface area (Å²) in [4.78, 5) is 23.0. The molecule has 104 valence electrons. The third kappa shape index (κ3) is 1.47. The molecule has 2 unspecified atom stereocenters. The number of carbonyl (C=O) groups excluding carboxylic acids is 1. The summed E-state index contributed by atoms with van der Waals surface area (Å²) >= 11 is 0. The molecular formula is C15H10N2O4. The summed E-state index contributed by atoms with van der Waals surface area (Å²) in [7, 11) is 0. The van der Waals surface area contributed by atoms with Crippen molar-refractivity contribution in [2.24, 2.45) is 0 Å². The van der Waals surface area contributed by atoms with Gasteiger partial charge in [-0.3, -0.25) is 14.9 Å². The van der Waals surface area contributed by atoms with Crippen LogP contribution in [0.2, 0.25) is 0 Å². The summed E-state index contributed by atoms with van der Waals surface area (Å²) in [6, 6.07) is 13.6. The first-order chi connectivity index (χ1) is 10.1. The quantitative estimate of drug-likeness (QED) is 0.521. The summed E-state index contributed by atoms with van der Waals surface area (Å²) in [6.07, 6.45) is -0.622. The molecule has 4 rings (SSSR count). The summed E-state index contributed by atoms with van der Waals surface area (Å²) in [5.74, 6) is -0.271. The van der Waals surface area contributed by atoms with Gasteiger partial charge < -0.3 is 10.1 Å². The number of carbonyl (C=O) groups is 1. The largest absolute Gasteiger partial charge is 0.345 e. The summed E-state index contributed by atoms with van der Waals surface area (Å²) in [5, 5.41) is 13.9. The van der Waals surface area contributed by atoms with Crippen LogP contribution >= 0.6 is 0 Å². The summed E-state index contributed by atoms with van der Waals surface area (Å²) in [6.45, 7) is 0. The molecular weight excluding hydrogens is 272 g/mol. The molecule has 1 spiro atoms. The number of amides is 1. The number of fused-ring (bicyclic) bond motifs is 2. The number of anilines is 1. The second-order valence-electron chi connectivity index (χ2n) is 5.05. The van der Waals surface area contributed by atoms with E-state index in [9.17, 15) is 14.9 Å². The third-order valence-electron chi connectivity index (χ3n) is 3.94. The Morgan fingerprint density at radius 1 is 1.14 bits per heavy atom. The number of nitro benzene ring substituents is 1. The minimum absolute atomic E-state index is 0.0310. The monoisotopic (exact) mass is 282 g/mol. The molecule has 1 fully saturated rings. The van der Waals surface area contributed by atoms with E-state index in [2.05, 4.69) is 5.32 Å². The summed E-state index contributed by atoms with van der Waals surface area (Å²) < 4.78 is 5.66. The number of nitrogens with zero attached hydrogens (tertiary/aromatic N) is 1. The normalized spacial score (nSPS) is 25.5. The second kappa shape index (κ2) is 3.89. The lowest BCUT2D eigenvalue weighted by atomic mass is 9.92. The minimum atomic E-state index is -1.12. The van der Waals surface area contributed by atoms with Crippen molar-refractivity contribution in [3.8, 4) is 0 Å². The van der Waals surface area contributed by atoms with Crippen LogP contribution in [-0.4, -0.2) is 10.8 Å². The number of benzene rings is 2. The molecule has 0 bridgehead atoms. The van der Waals surface area contributed by atoms with Gasteiger partial charge in [0.15, 0.2) is 0 Å². The van der Waals surface area contributed by atoms with Gasteiger partial charge in [0.25, 0.3) is 11.6 Å². The number of nitrogens with one attached hydrogen (secondary N) is 1. The molecule has 2 heterocycles. The molecule has 6 nitrogen and oxygen atoms in total. The predicted octanol–water partition coefficient (Wildman–Crippen LogP) is 2.51. The number of hydrogen-bond donors (Lipinski definition) is 1. The average molecular weight is 282 g/mol. The van der Waals surface area contributed by atoms with Gasteiger partial charge in [0, 0.05) is 17.3 Å². The van der Waals surface area contributed by atoms with Gasteiger partial charge in [-0.1, -0.05) is 30.3 Å². The molecule has 0 aromatic heterocycles. The molecule has 1 amide bonds. The van der Waals surface area contributed by atoms with Crippen molar-refractivity contribution < 1.29 is 14.5 Å². The highest BCUT2D eigenvalue weighted by molar-refractivity contribution is 6.07. The Labute approximate surface area is 119 Å². The Balaban J connectivity index is 1.83. The molecule has 1 N–H and O–H groups in total. The van der Waals surface area contributed by atoms with Crippen LogP contribution in [0.25, 0.3) is 0 Å². The third-order valence-corrected chi connectivity index (χ3v) is 3.94. The van der Waals surface area contributed by atoms with E-state index < -0.39 is 16.6 Å². The van der Waals surface area contributed by atoms with Gasteiger partial charge in [0.2, 0.25) is 5.60 Å². The van der Waals surface area contributed by atoms with Gasteiger partial charge in [-0.2, -0.15) is 0 Å². The Hall–Kier alpha value is -2.73. The van der Waals surface area contributed by atoms with Crippen LogP contribution in [0.4, 0.5) is 11.4 Å². The standard InChI is InChI=1S/C15H10N2O4/c18-14-15(10-6-2-3-7-11(10)16-14)13(21-15)9-5-1-4-8-12(9)17(19)20/h1-8,13H,(H,16,18). The first-order valence-corrected chi connectivity index (χ1v) is 6.46. The maximum absolute atomic E-state index is 12.3. The number of epoxide rings is 1. The number of ether oxygens (including phenoxy) is 1. The van der Waals surface area contributed by atoms with Crippen molar-refractivity contribution >= 4 is 17.3 Å². The average Bonchev–Trinajstić information content (AvgIpc) is 3.17. The van der Waals surface area contributed by atoms with E-state index in [0.717, 1.165) is 5.56 Å². The minimum Gasteiger partial charge on any atom is -0.345 e. The molecule has 0 radical (unpaired) electrons. The van der Waals surface area contributed by atoms with Gasteiger partial charge in [0.1, 0.15) is 6.10 Å². The van der Waals surface area contributed by atoms with Crippen molar-refractivity contribution in [2.75, 3.05) is 5.32 Å². The topological polar surface area (TPSA) is 84.8 Å². The van der Waals surface area contributed by atoms with Crippen LogP contribution in [0.3, 0.4) is 0 Å². The predicted molar refractivity (Wildman–Crippen MR) is 73.7 cm³/mol. The van der Waals surface area contributed by atoms with Crippen LogP contribution in [0, 0.1) is 10.1 Å². The maximum atomic E-state index is 12.3. The van der Waals surface area contributed by atoms with Crippen molar-refractivity contribution in [2.45, 2.75) is 11.7 Å². The fraction of sp³-hybridized carbons (Fsp3) is 0.133. The maximum Gasteiger partial charge on any atom is 0.275 e. The second-order valence-corrected chi connectivity index (χ2v) is 5.05. The van der Waals surface area contributed by atoms with E-state index in [0.29, 0.717) is 11.3 Å². The molecule has 2 aliphatic heterocycles. The Kier molecular flexibility index (Phi) is 2.23. The highest BCUT2D eigenvalue weighted by Crippen LogP contribution is 2.62. The lowest BCUT2D eigenvalue weighted by molar-refractivity contribution is -0.385. The van der Waals surface area contributed by atoms with E-state index in [-0.39, 0.29) is 11.6 Å². The van der Waals surface area contributed by atoms with E-state index in [1.807, 2.05) is 18.2 Å². The zero-order valence-corrected chi connectivity index (χ0v) is 10.8. The molecule has 1 saturated heterocycles. The number of para-hydroxylation sites is 2. The molecule has 2 atom stereocenters. The number of nitro groups is 1. The summed E-state index contributed by atoms with van der Waals surface area (Å²) in [5.41, 5.74) is 0.704. The Morgan fingerprint density at radius 2 is 1.86 bits per heavy atom. The highest BCUT2D eigenvalue weighted by Gasteiger charge is 2.69. The van der Waals surface area contributed by atoms with Gasteiger partial charge in [-0.15, -0.1) is 0 Å². The molecule has 2 aliphatic rings. The first kappa shape index (κ1) is 12.0. The molecule has 2 aromatic rings. The van der Waals surface area contributed by atoms with E-state index >= 15 is 0 Å². The zero-order valence-electron chi connectivity index (χ0n) is 10.8. The lowest BCUT2D eigenvalue weighted by Gasteiger charge is -2.03. The van der Waals surface area contributed by atoms with Gasteiger partial charge in [0.05, 0.1) is 10.5 Å². The smallest absolute Gasteiger partial charge is 0.275 e. The van der Waals surface area contributed by atoms with Crippen LogP contribution in [0.15, 0.2) is 48.5 Å². The SMILES string of the molecule is O=C1Nc2ccccc2C12OC2c1ccccc1[N+](=O)[O-]. The Morgan fingerprint density at radius 3 is 2.67 bits per heavy atom. The van der Waals surface area contributed by atoms with Crippen LogP contribution in [-0.2, 0) is 15.1 Å². The Bertz CT molecular complexity index is 789. The molecule has 2 aromatic carbocycles. The van der Waals surface area contributed by atoms with E-state index in [4.69, 9.17) is 4.74 Å². The van der Waals surface area contributed by atoms with E-state index in [1.165, 1.54) is 6.07 Å². The molecule has 0 aliphatic carbocycles. The first-order valence-electron chi connectivity index (χ1n) is 6.46. The van der Waals surface area contributed by atoms with Crippen LogP contribution in [0.5, 0.6) is 0 Å². The molecule has 6 heteroatoms. The van der Waals surface area contributed by atoms with Gasteiger partial charge in [-0.25, -0.2) is 0 Å². The zero-order chi connectivity index (χ0) is 14.6. The number of rotatable bonds is 2. The van der Waals surface area contributed by atoms with Gasteiger partial charge in [-0.05, 0) is 12.1 Å². The van der Waals surface area contributed by atoms with Crippen molar-refractivity contribution in [1.29, 1.82) is 0 Å². The van der Waals surface area contributed by atoms with Crippen LogP contribution in [0.1, 0.15) is 17.2 Å². The molecule has 0 saturated carbocycles. The fourth-order valence-electron chi connectivity index (χ4n) is 2.94. The fourth-order valence-corrected chi connectivity index (χ4v) is 2.94. The van der Waals surface area contributed by atoms with E-state index in [1.54, 1.807) is 24.3 Å². The van der Waals surface area contributed by atoms with Crippen molar-refractivity contribution in [3.63, 3.8) is 0 Å². The molecule has 21 heavy (non-hydrogen) atoms. The number of hydrogen-bond acceptors (Lipinski definition) is 4.